The maximum atomic E-state index is 13.9. The van der Waals surface area contributed by atoms with Gasteiger partial charge in [-0.15, -0.1) is 23.2 Å². The highest BCUT2D eigenvalue weighted by Gasteiger charge is 2.57. The number of hydrogen-bond acceptors (Lipinski definition) is 10. The first kappa shape index (κ1) is 31.7. The van der Waals surface area contributed by atoms with E-state index < -0.39 is 47.2 Å². The molecule has 0 N–H and O–H groups in total. The van der Waals surface area contributed by atoms with Crippen LogP contribution in [-0.4, -0.2) is 94.3 Å². The number of carbonyl (C=O) groups excluding carboxylic acids is 4. The smallest absolute Gasteiger partial charge is 0.317 e. The van der Waals surface area contributed by atoms with E-state index >= 15 is 0 Å². The lowest BCUT2D eigenvalue weighted by atomic mass is 9.63. The lowest BCUT2D eigenvalue weighted by Crippen LogP contribution is -2.55. The van der Waals surface area contributed by atoms with E-state index in [2.05, 4.69) is 0 Å². The zero-order chi connectivity index (χ0) is 28.4. The van der Waals surface area contributed by atoms with Gasteiger partial charge in [-0.1, -0.05) is 6.07 Å². The molecule has 212 valence electrons. The van der Waals surface area contributed by atoms with Crippen molar-refractivity contribution in [2.75, 3.05) is 65.9 Å². The first-order valence-electron chi connectivity index (χ1n) is 12.3. The summed E-state index contributed by atoms with van der Waals surface area (Å²) in [6.07, 6.45) is 0. The van der Waals surface area contributed by atoms with Crippen molar-refractivity contribution in [3.05, 3.63) is 17.7 Å². The Kier molecular flexibility index (Phi) is 12.6. The average Bonchev–Trinajstić information content (AvgIpc) is 2.89. The standard InChI is InChI=1S/C26H35Cl2NO9/c1-6-37-25(32)19-18(15-8-9-17(34-3)24(36-5)23(15)35-4)20(26(33)38-7-2)22(31)16(21(19)30)14-29(12-10-27)13-11-28/h8-9,16,18-20H,6-7,10-14H2,1-5H3/t16?,18?,19-,20+. The molecule has 0 spiro atoms. The third-order valence-corrected chi connectivity index (χ3v) is 6.77. The van der Waals surface area contributed by atoms with E-state index in [4.69, 9.17) is 46.9 Å². The Bertz CT molecular complexity index is 959. The maximum absolute atomic E-state index is 13.9. The van der Waals surface area contributed by atoms with Gasteiger partial charge < -0.3 is 23.7 Å². The molecule has 2 rings (SSSR count). The first-order chi connectivity index (χ1) is 18.2. The van der Waals surface area contributed by atoms with Gasteiger partial charge >= 0.3 is 11.9 Å². The summed E-state index contributed by atoms with van der Waals surface area (Å²) in [5, 5.41) is 0. The van der Waals surface area contributed by atoms with Crippen LogP contribution in [-0.2, 0) is 28.7 Å². The Hall–Kier alpha value is -2.56. The van der Waals surface area contributed by atoms with Crippen molar-refractivity contribution < 1.29 is 42.9 Å². The summed E-state index contributed by atoms with van der Waals surface area (Å²) >= 11 is 11.8. The minimum Gasteiger partial charge on any atom is -0.493 e. The Morgan fingerprint density at radius 1 is 0.816 bits per heavy atom. The number of hydrogen-bond donors (Lipinski definition) is 0. The van der Waals surface area contributed by atoms with Gasteiger partial charge in [0.2, 0.25) is 5.75 Å². The van der Waals surface area contributed by atoms with E-state index in [0.717, 1.165) is 0 Å². The molecule has 2 unspecified atom stereocenters. The number of ether oxygens (including phenoxy) is 5. The number of esters is 2. The number of methoxy groups -OCH3 is 3. The van der Waals surface area contributed by atoms with Crippen LogP contribution < -0.4 is 14.2 Å². The van der Waals surface area contributed by atoms with Gasteiger partial charge in [-0.05, 0) is 19.9 Å². The van der Waals surface area contributed by atoms with Crippen LogP contribution in [0.3, 0.4) is 0 Å². The lowest BCUT2D eigenvalue weighted by molar-refractivity contribution is -0.164. The summed E-state index contributed by atoms with van der Waals surface area (Å²) in [6.45, 7) is 3.84. The van der Waals surface area contributed by atoms with Crippen LogP contribution in [0.4, 0.5) is 0 Å². The van der Waals surface area contributed by atoms with Crippen molar-refractivity contribution in [1.29, 1.82) is 0 Å². The van der Waals surface area contributed by atoms with Crippen LogP contribution in [0, 0.1) is 17.8 Å². The molecular formula is C26H35Cl2NO9. The van der Waals surface area contributed by atoms with Gasteiger partial charge in [-0.2, -0.15) is 0 Å². The van der Waals surface area contributed by atoms with E-state index in [1.165, 1.54) is 27.4 Å². The van der Waals surface area contributed by atoms with Gasteiger partial charge in [-0.3, -0.25) is 24.1 Å². The molecule has 0 amide bonds. The van der Waals surface area contributed by atoms with E-state index in [0.29, 0.717) is 18.8 Å². The summed E-state index contributed by atoms with van der Waals surface area (Å²) < 4.78 is 27.0. The number of ketones is 2. The molecule has 38 heavy (non-hydrogen) atoms. The number of nitrogens with zero attached hydrogens (tertiary/aromatic N) is 1. The number of rotatable bonds is 14. The fraction of sp³-hybridized carbons (Fsp3) is 0.615. The molecule has 1 aromatic carbocycles. The largest absolute Gasteiger partial charge is 0.493 e. The Morgan fingerprint density at radius 3 is 1.71 bits per heavy atom. The average molecular weight is 576 g/mol. The summed E-state index contributed by atoms with van der Waals surface area (Å²) in [5.41, 5.74) is 0.236. The molecule has 1 aliphatic carbocycles. The molecule has 1 saturated carbocycles. The Balaban J connectivity index is 2.80. The Morgan fingerprint density at radius 2 is 1.32 bits per heavy atom. The minimum absolute atomic E-state index is 0.00823. The lowest BCUT2D eigenvalue weighted by Gasteiger charge is -2.39. The molecule has 1 aliphatic rings. The predicted octanol–water partition coefficient (Wildman–Crippen LogP) is 2.70. The van der Waals surface area contributed by atoms with Gasteiger partial charge in [0.1, 0.15) is 11.8 Å². The molecule has 0 bridgehead atoms. The molecule has 1 fully saturated rings. The van der Waals surface area contributed by atoms with Gasteiger partial charge in [0.15, 0.2) is 23.1 Å². The highest BCUT2D eigenvalue weighted by atomic mass is 35.5. The van der Waals surface area contributed by atoms with Crippen LogP contribution in [0.1, 0.15) is 25.3 Å². The van der Waals surface area contributed by atoms with Crippen LogP contribution in [0.15, 0.2) is 12.1 Å². The summed E-state index contributed by atoms with van der Waals surface area (Å²) in [6, 6.07) is 3.09. The number of halogens is 2. The molecule has 4 atom stereocenters. The zero-order valence-electron chi connectivity index (χ0n) is 22.3. The predicted molar refractivity (Wildman–Crippen MR) is 140 cm³/mol. The van der Waals surface area contributed by atoms with Crippen LogP contribution in [0.5, 0.6) is 17.2 Å². The second-order valence-corrected chi connectivity index (χ2v) is 9.20. The molecule has 0 aliphatic heterocycles. The molecule has 1 aromatic rings. The maximum Gasteiger partial charge on any atom is 0.317 e. The molecule has 0 heterocycles. The summed E-state index contributed by atoms with van der Waals surface area (Å²) in [4.78, 5) is 56.2. The zero-order valence-corrected chi connectivity index (χ0v) is 23.8. The van der Waals surface area contributed by atoms with E-state index in [1.54, 1.807) is 24.8 Å². The SMILES string of the molecule is CCOC(=O)[C@@H]1C(=O)C(CN(CCCl)CCCl)C(=O)[C@H](C(=O)OCC)C1c1ccc(OC)c(OC)c1OC. The third kappa shape index (κ3) is 6.71. The van der Waals surface area contributed by atoms with Crippen molar-refractivity contribution in [3.63, 3.8) is 0 Å². The fourth-order valence-corrected chi connectivity index (χ4v) is 5.31. The van der Waals surface area contributed by atoms with Crippen LogP contribution >= 0.6 is 23.2 Å². The molecule has 12 heteroatoms. The Labute approximate surface area is 232 Å². The first-order valence-corrected chi connectivity index (χ1v) is 13.4. The molecule has 0 saturated heterocycles. The van der Waals surface area contributed by atoms with Gasteiger partial charge in [0, 0.05) is 42.9 Å². The molecule has 10 nitrogen and oxygen atoms in total. The molecule has 0 radical (unpaired) electrons. The van der Waals surface area contributed by atoms with Crippen LogP contribution in [0.25, 0.3) is 0 Å². The minimum atomic E-state index is -1.49. The second kappa shape index (κ2) is 15.1. The topological polar surface area (TPSA) is 118 Å². The normalized spacial score (nSPS) is 21.3. The number of alkyl halides is 2. The van der Waals surface area contributed by atoms with Crippen molar-refractivity contribution in [2.24, 2.45) is 17.8 Å². The van der Waals surface area contributed by atoms with Gasteiger partial charge in [0.05, 0.1) is 40.5 Å². The monoisotopic (exact) mass is 575 g/mol. The summed E-state index contributed by atoms with van der Waals surface area (Å²) in [5.74, 6) is -7.50. The number of Topliss-reactive ketones (excluding diaryl/α,β-unsaturated/α-hetero) is 2. The van der Waals surface area contributed by atoms with Gasteiger partial charge in [-0.25, -0.2) is 0 Å². The highest BCUT2D eigenvalue weighted by molar-refractivity contribution is 6.19. The number of carbonyl (C=O) groups is 4. The fourth-order valence-electron chi connectivity index (χ4n) is 4.83. The van der Waals surface area contributed by atoms with Gasteiger partial charge in [0.25, 0.3) is 0 Å². The highest BCUT2D eigenvalue weighted by Crippen LogP contribution is 2.50. The number of benzene rings is 1. The molecule has 0 aromatic heterocycles. The quantitative estimate of drug-likeness (QED) is 0.186. The third-order valence-electron chi connectivity index (χ3n) is 6.44. The van der Waals surface area contributed by atoms with E-state index in [9.17, 15) is 19.2 Å². The van der Waals surface area contributed by atoms with E-state index in [1.807, 2.05) is 0 Å². The van der Waals surface area contributed by atoms with Crippen molar-refractivity contribution in [2.45, 2.75) is 19.8 Å². The summed E-state index contributed by atoms with van der Waals surface area (Å²) in [7, 11) is 4.20. The van der Waals surface area contributed by atoms with Crippen molar-refractivity contribution >= 4 is 46.7 Å². The van der Waals surface area contributed by atoms with E-state index in [-0.39, 0.29) is 48.6 Å². The second-order valence-electron chi connectivity index (χ2n) is 8.44. The van der Waals surface area contributed by atoms with Crippen molar-refractivity contribution in [1.82, 2.24) is 4.90 Å². The van der Waals surface area contributed by atoms with Crippen molar-refractivity contribution in [3.8, 4) is 17.2 Å². The molecular weight excluding hydrogens is 541 g/mol. The van der Waals surface area contributed by atoms with Crippen LogP contribution in [0.2, 0.25) is 0 Å².